The van der Waals surface area contributed by atoms with E-state index in [-0.39, 0.29) is 5.41 Å². The first-order valence-corrected chi connectivity index (χ1v) is 7.59. The molecule has 0 amide bonds. The molecule has 0 saturated heterocycles. The average molecular weight is 265 g/mol. The van der Waals surface area contributed by atoms with Crippen LogP contribution in [-0.4, -0.2) is 15.9 Å². The van der Waals surface area contributed by atoms with Crippen molar-refractivity contribution in [1.82, 2.24) is 9.36 Å². The summed E-state index contributed by atoms with van der Waals surface area (Å²) < 4.78 is 4.41. The summed E-state index contributed by atoms with van der Waals surface area (Å²) in [6.07, 6.45) is 8.82. The molecule has 1 aromatic rings. The zero-order valence-corrected chi connectivity index (χ0v) is 12.4. The largest absolute Gasteiger partial charge is 0.360 e. The second-order valence-corrected chi connectivity index (χ2v) is 6.71. The first kappa shape index (κ1) is 13.5. The molecule has 0 fully saturated rings. The van der Waals surface area contributed by atoms with Crippen molar-refractivity contribution < 1.29 is 0 Å². The number of rotatable bonds is 4. The minimum atomic E-state index is 0.0440. The predicted molar refractivity (Wildman–Crippen MR) is 78.3 cm³/mol. The second-order valence-electron chi connectivity index (χ2n) is 5.96. The Morgan fingerprint density at radius 3 is 2.78 bits per heavy atom. The highest BCUT2D eigenvalue weighted by molar-refractivity contribution is 7.09. The van der Waals surface area contributed by atoms with Crippen LogP contribution in [0.4, 0.5) is 5.13 Å². The quantitative estimate of drug-likeness (QED) is 0.831. The van der Waals surface area contributed by atoms with Gasteiger partial charge in [-0.2, -0.15) is 4.37 Å². The molecule has 4 heteroatoms. The van der Waals surface area contributed by atoms with Crippen LogP contribution in [-0.2, 0) is 5.41 Å². The van der Waals surface area contributed by atoms with E-state index in [1.807, 2.05) is 0 Å². The van der Waals surface area contributed by atoms with Crippen LogP contribution in [0.15, 0.2) is 11.6 Å². The molecule has 0 aliphatic heterocycles. The van der Waals surface area contributed by atoms with E-state index in [0.29, 0.717) is 0 Å². The molecule has 0 bridgehead atoms. The van der Waals surface area contributed by atoms with E-state index in [9.17, 15) is 0 Å². The van der Waals surface area contributed by atoms with Crippen molar-refractivity contribution in [2.24, 2.45) is 0 Å². The number of hydrogen-bond acceptors (Lipinski definition) is 4. The third kappa shape index (κ3) is 3.80. The Balaban J connectivity index is 1.80. The van der Waals surface area contributed by atoms with Gasteiger partial charge in [-0.25, -0.2) is 4.98 Å². The van der Waals surface area contributed by atoms with Crippen molar-refractivity contribution in [2.45, 2.75) is 58.3 Å². The van der Waals surface area contributed by atoms with Crippen LogP contribution >= 0.6 is 11.5 Å². The van der Waals surface area contributed by atoms with Crippen molar-refractivity contribution >= 4 is 16.7 Å². The third-order valence-corrected chi connectivity index (χ3v) is 3.88. The standard InChI is InChI=1S/C14H23N3S/c1-14(2,3)12-16-13(18-17-12)15-10-9-11-7-5-4-6-8-11/h7H,4-6,8-10H2,1-3H3,(H,15,16,17). The molecule has 3 nitrogen and oxygen atoms in total. The Kier molecular flexibility index (Phi) is 4.38. The molecular formula is C14H23N3S. The van der Waals surface area contributed by atoms with Crippen molar-refractivity contribution in [2.75, 3.05) is 11.9 Å². The minimum absolute atomic E-state index is 0.0440. The van der Waals surface area contributed by atoms with Gasteiger partial charge in [0.05, 0.1) is 0 Å². The monoisotopic (exact) mass is 265 g/mol. The van der Waals surface area contributed by atoms with Gasteiger partial charge in [0.1, 0.15) is 5.82 Å². The Morgan fingerprint density at radius 1 is 1.33 bits per heavy atom. The van der Waals surface area contributed by atoms with Gasteiger partial charge < -0.3 is 5.32 Å². The van der Waals surface area contributed by atoms with Gasteiger partial charge in [0, 0.05) is 23.5 Å². The molecule has 0 aromatic carbocycles. The summed E-state index contributed by atoms with van der Waals surface area (Å²) in [5.41, 5.74) is 1.65. The van der Waals surface area contributed by atoms with Crippen LogP contribution in [0, 0.1) is 0 Å². The van der Waals surface area contributed by atoms with Crippen molar-refractivity contribution in [3.05, 3.63) is 17.5 Å². The fraction of sp³-hybridized carbons (Fsp3) is 0.714. The minimum Gasteiger partial charge on any atom is -0.360 e. The molecule has 1 aliphatic carbocycles. The van der Waals surface area contributed by atoms with E-state index in [2.05, 4.69) is 41.5 Å². The second kappa shape index (κ2) is 5.83. The fourth-order valence-corrected chi connectivity index (χ4v) is 2.84. The molecule has 1 aromatic heterocycles. The van der Waals surface area contributed by atoms with E-state index in [0.717, 1.165) is 23.9 Å². The fourth-order valence-electron chi connectivity index (χ4n) is 2.06. The molecule has 0 saturated carbocycles. The molecule has 18 heavy (non-hydrogen) atoms. The van der Waals surface area contributed by atoms with Crippen molar-refractivity contribution in [1.29, 1.82) is 0 Å². The lowest BCUT2D eigenvalue weighted by Gasteiger charge is -2.13. The summed E-state index contributed by atoms with van der Waals surface area (Å²) >= 11 is 1.47. The maximum Gasteiger partial charge on any atom is 0.202 e. The summed E-state index contributed by atoms with van der Waals surface area (Å²) in [6.45, 7) is 7.41. The third-order valence-electron chi connectivity index (χ3n) is 3.20. The number of allylic oxidation sites excluding steroid dienone is 1. The summed E-state index contributed by atoms with van der Waals surface area (Å²) in [5, 5.41) is 4.34. The summed E-state index contributed by atoms with van der Waals surface area (Å²) in [4.78, 5) is 4.54. The summed E-state index contributed by atoms with van der Waals surface area (Å²) in [7, 11) is 0. The van der Waals surface area contributed by atoms with E-state index in [4.69, 9.17) is 0 Å². The Hall–Kier alpha value is -0.900. The van der Waals surface area contributed by atoms with Crippen LogP contribution in [0.5, 0.6) is 0 Å². The maximum absolute atomic E-state index is 4.54. The number of nitrogens with zero attached hydrogens (tertiary/aromatic N) is 2. The van der Waals surface area contributed by atoms with Gasteiger partial charge in [-0.3, -0.25) is 0 Å². The maximum atomic E-state index is 4.54. The van der Waals surface area contributed by atoms with Gasteiger partial charge >= 0.3 is 0 Å². The highest BCUT2D eigenvalue weighted by Gasteiger charge is 2.19. The van der Waals surface area contributed by atoms with Gasteiger partial charge in [-0.1, -0.05) is 32.4 Å². The molecule has 0 radical (unpaired) electrons. The van der Waals surface area contributed by atoms with Gasteiger partial charge in [0.2, 0.25) is 5.13 Å². The number of anilines is 1. The van der Waals surface area contributed by atoms with E-state index < -0.39 is 0 Å². The first-order valence-electron chi connectivity index (χ1n) is 6.82. The number of hydrogen-bond donors (Lipinski definition) is 1. The van der Waals surface area contributed by atoms with Crippen molar-refractivity contribution in [3.63, 3.8) is 0 Å². The highest BCUT2D eigenvalue weighted by Crippen LogP contribution is 2.24. The zero-order valence-electron chi connectivity index (χ0n) is 11.6. The molecule has 0 unspecified atom stereocenters. The lowest BCUT2D eigenvalue weighted by Crippen LogP contribution is -2.13. The zero-order chi connectivity index (χ0) is 13.0. The molecule has 0 atom stereocenters. The Morgan fingerprint density at radius 2 is 2.17 bits per heavy atom. The Bertz CT molecular complexity index is 415. The van der Waals surface area contributed by atoms with Gasteiger partial charge in [-0.15, -0.1) is 0 Å². The molecule has 2 rings (SSSR count). The summed E-state index contributed by atoms with van der Waals surface area (Å²) in [5.74, 6) is 0.937. The van der Waals surface area contributed by atoms with E-state index >= 15 is 0 Å². The van der Waals surface area contributed by atoms with Gasteiger partial charge in [-0.05, 0) is 32.1 Å². The predicted octanol–water partition coefficient (Wildman–Crippen LogP) is 4.14. The van der Waals surface area contributed by atoms with Crippen LogP contribution in [0.3, 0.4) is 0 Å². The molecule has 0 spiro atoms. The molecule has 100 valence electrons. The SMILES string of the molecule is CC(C)(C)c1nsc(NCCC2=CCCCC2)n1. The van der Waals surface area contributed by atoms with Gasteiger partial charge in [0.25, 0.3) is 0 Å². The van der Waals surface area contributed by atoms with E-state index in [1.165, 1.54) is 37.2 Å². The number of aromatic nitrogens is 2. The van der Waals surface area contributed by atoms with Crippen LogP contribution in [0.1, 0.15) is 58.7 Å². The van der Waals surface area contributed by atoms with Crippen molar-refractivity contribution in [3.8, 4) is 0 Å². The van der Waals surface area contributed by atoms with Crippen LogP contribution < -0.4 is 5.32 Å². The topological polar surface area (TPSA) is 37.8 Å². The molecular weight excluding hydrogens is 242 g/mol. The smallest absolute Gasteiger partial charge is 0.202 e. The Labute approximate surface area is 114 Å². The first-order chi connectivity index (χ1) is 8.55. The normalized spacial score (nSPS) is 16.5. The lowest BCUT2D eigenvalue weighted by atomic mass is 9.96. The van der Waals surface area contributed by atoms with Gasteiger partial charge in [0.15, 0.2) is 0 Å². The summed E-state index contributed by atoms with van der Waals surface area (Å²) in [6, 6.07) is 0. The van der Waals surface area contributed by atoms with E-state index in [1.54, 1.807) is 5.57 Å². The van der Waals surface area contributed by atoms with Crippen LogP contribution in [0.2, 0.25) is 0 Å². The highest BCUT2D eigenvalue weighted by atomic mass is 32.1. The average Bonchev–Trinajstić information content (AvgIpc) is 2.79. The lowest BCUT2D eigenvalue weighted by molar-refractivity contribution is 0.555. The molecule has 1 N–H and O–H groups in total. The number of nitrogens with one attached hydrogen (secondary N) is 1. The molecule has 1 heterocycles. The molecule has 1 aliphatic rings. The van der Waals surface area contributed by atoms with Crippen LogP contribution in [0.25, 0.3) is 0 Å².